The van der Waals surface area contributed by atoms with Crippen LogP contribution in [0.25, 0.3) is 0 Å². The molecule has 11 nitrogen and oxygen atoms in total. The van der Waals surface area contributed by atoms with Crippen LogP contribution < -0.4 is 0 Å². The van der Waals surface area contributed by atoms with Gasteiger partial charge in [0.2, 0.25) is 0 Å². The summed E-state index contributed by atoms with van der Waals surface area (Å²) in [5, 5.41) is 9.81. The molecule has 0 spiro atoms. The molecule has 0 aliphatic carbocycles. The van der Waals surface area contributed by atoms with E-state index in [2.05, 4.69) is 154 Å². The second-order valence-electron chi connectivity index (χ2n) is 18.3. The smallest absolute Gasteiger partial charge is 0.462 e. The summed E-state index contributed by atoms with van der Waals surface area (Å²) in [4.78, 5) is 48.5. The fourth-order valence-electron chi connectivity index (χ4n) is 7.00. The molecule has 0 heterocycles. The van der Waals surface area contributed by atoms with Gasteiger partial charge in [0.05, 0.1) is 19.8 Å². The Labute approximate surface area is 461 Å². The molecule has 0 amide bonds. The largest absolute Gasteiger partial charge is 0.472 e. The molecule has 0 aromatic rings. The minimum atomic E-state index is -4.79. The number of unbranched alkanes of at least 4 members (excludes halogenated alkanes) is 10. The maximum atomic E-state index is 12.9. The summed E-state index contributed by atoms with van der Waals surface area (Å²) in [6.07, 6.45) is 72.5. The van der Waals surface area contributed by atoms with Crippen LogP contribution in [-0.2, 0) is 42.2 Å². The van der Waals surface area contributed by atoms with Crippen molar-refractivity contribution in [1.82, 2.24) is 0 Å². The Morgan fingerprint density at radius 2 is 0.671 bits per heavy atom. The zero-order valence-corrected chi connectivity index (χ0v) is 48.0. The molecule has 12 heteroatoms. The number of esters is 3. The SMILES string of the molecule is CC/C=C\C/C=C\C/C=C\C/C=C\C/C=C\C/C=C\CCC(=O)OC(COC(=O)CCCCCCC/C=C\C/C=C\C/C=C\CC)COP(=O)(O)OCC(CO)OC(=O)CCCCCCC/C=C\C/C=C\C/C=C\CC. The Bertz CT molecular complexity index is 1830. The van der Waals surface area contributed by atoms with Crippen molar-refractivity contribution in [2.45, 2.75) is 213 Å². The van der Waals surface area contributed by atoms with Gasteiger partial charge in [-0.05, 0) is 122 Å². The average Bonchev–Trinajstić information content (AvgIpc) is 3.41. The summed E-state index contributed by atoms with van der Waals surface area (Å²) in [5.74, 6) is -1.62. The molecule has 428 valence electrons. The van der Waals surface area contributed by atoms with Gasteiger partial charge in [-0.15, -0.1) is 0 Å². The Kier molecular flexibility index (Phi) is 53.1. The molecule has 0 saturated heterocycles. The lowest BCUT2D eigenvalue weighted by molar-refractivity contribution is -0.161. The molecule has 0 aromatic heterocycles. The number of hydrogen-bond acceptors (Lipinski definition) is 10. The Morgan fingerprint density at radius 1 is 0.368 bits per heavy atom. The fourth-order valence-corrected chi connectivity index (χ4v) is 7.78. The number of ether oxygens (including phenoxy) is 3. The van der Waals surface area contributed by atoms with Crippen LogP contribution in [0.3, 0.4) is 0 Å². The molecule has 0 rings (SSSR count). The number of allylic oxidation sites excluding steroid dienone is 24. The summed E-state index contributed by atoms with van der Waals surface area (Å²) in [7, 11) is -4.79. The van der Waals surface area contributed by atoms with Gasteiger partial charge in [0.1, 0.15) is 12.7 Å². The van der Waals surface area contributed by atoms with Crippen LogP contribution in [0.15, 0.2) is 146 Å². The quantitative estimate of drug-likeness (QED) is 0.0197. The summed E-state index contributed by atoms with van der Waals surface area (Å²) >= 11 is 0. The van der Waals surface area contributed by atoms with Crippen molar-refractivity contribution in [2.75, 3.05) is 26.4 Å². The zero-order valence-electron chi connectivity index (χ0n) is 47.2. The first kappa shape index (κ1) is 71.4. The Hall–Kier alpha value is -4.64. The lowest BCUT2D eigenvalue weighted by atomic mass is 10.1. The molecule has 0 saturated carbocycles. The second-order valence-corrected chi connectivity index (χ2v) is 19.8. The average molecular weight is 1080 g/mol. The second kappa shape index (κ2) is 56.6. The monoisotopic (exact) mass is 1080 g/mol. The van der Waals surface area contributed by atoms with Gasteiger partial charge in [0, 0.05) is 19.3 Å². The van der Waals surface area contributed by atoms with Crippen LogP contribution in [0.4, 0.5) is 0 Å². The van der Waals surface area contributed by atoms with Crippen molar-refractivity contribution in [1.29, 1.82) is 0 Å². The van der Waals surface area contributed by atoms with Gasteiger partial charge < -0.3 is 24.2 Å². The van der Waals surface area contributed by atoms with E-state index in [1.165, 1.54) is 0 Å². The van der Waals surface area contributed by atoms with Gasteiger partial charge in [-0.25, -0.2) is 4.57 Å². The topological polar surface area (TPSA) is 155 Å². The van der Waals surface area contributed by atoms with Gasteiger partial charge in [0.25, 0.3) is 0 Å². The third-order valence-corrected chi connectivity index (χ3v) is 12.2. The number of phosphoric ester groups is 1. The molecular weight excluding hydrogens is 976 g/mol. The highest BCUT2D eigenvalue weighted by atomic mass is 31.2. The van der Waals surface area contributed by atoms with Crippen molar-refractivity contribution < 1.29 is 52.2 Å². The Morgan fingerprint density at radius 3 is 1.07 bits per heavy atom. The molecule has 0 bridgehead atoms. The van der Waals surface area contributed by atoms with Crippen molar-refractivity contribution >= 4 is 25.7 Å². The number of rotatable bonds is 51. The maximum Gasteiger partial charge on any atom is 0.472 e. The van der Waals surface area contributed by atoms with Crippen molar-refractivity contribution in [3.05, 3.63) is 146 Å². The number of carbonyl (C=O) groups is 3. The zero-order chi connectivity index (χ0) is 55.5. The first-order valence-corrected chi connectivity index (χ1v) is 30.2. The Balaban J connectivity index is 4.90. The lowest BCUT2D eigenvalue weighted by Gasteiger charge is -2.21. The highest BCUT2D eigenvalue weighted by Crippen LogP contribution is 2.43. The van der Waals surface area contributed by atoms with E-state index in [0.717, 1.165) is 135 Å². The van der Waals surface area contributed by atoms with Crippen LogP contribution in [0.5, 0.6) is 0 Å². The number of phosphoric acid groups is 1. The normalized spacial score (nSPS) is 14.4. The molecule has 0 radical (unpaired) electrons. The number of hydrogen-bond donors (Lipinski definition) is 2. The van der Waals surface area contributed by atoms with E-state index in [-0.39, 0.29) is 25.9 Å². The summed E-state index contributed by atoms with van der Waals surface area (Å²) in [6, 6.07) is 0. The van der Waals surface area contributed by atoms with Crippen LogP contribution >= 0.6 is 7.82 Å². The number of carbonyl (C=O) groups excluding carboxylic acids is 3. The van der Waals surface area contributed by atoms with E-state index in [0.29, 0.717) is 25.7 Å². The molecular formula is C64H101O11P. The van der Waals surface area contributed by atoms with Gasteiger partial charge in [-0.3, -0.25) is 23.4 Å². The first-order valence-electron chi connectivity index (χ1n) is 28.7. The van der Waals surface area contributed by atoms with Crippen LogP contribution in [0, 0.1) is 0 Å². The van der Waals surface area contributed by atoms with E-state index in [9.17, 15) is 28.9 Å². The highest BCUT2D eigenvalue weighted by Gasteiger charge is 2.28. The van der Waals surface area contributed by atoms with Gasteiger partial charge in [-0.2, -0.15) is 0 Å². The van der Waals surface area contributed by atoms with E-state index >= 15 is 0 Å². The minimum Gasteiger partial charge on any atom is -0.462 e. The first-order chi connectivity index (χ1) is 37.2. The molecule has 0 aliphatic heterocycles. The lowest BCUT2D eigenvalue weighted by Crippen LogP contribution is -2.30. The molecule has 3 unspecified atom stereocenters. The van der Waals surface area contributed by atoms with E-state index in [1.54, 1.807) is 0 Å². The van der Waals surface area contributed by atoms with Crippen molar-refractivity contribution in [3.63, 3.8) is 0 Å². The van der Waals surface area contributed by atoms with Crippen LogP contribution in [0.1, 0.15) is 201 Å². The predicted molar refractivity (Wildman–Crippen MR) is 316 cm³/mol. The van der Waals surface area contributed by atoms with Crippen molar-refractivity contribution in [3.8, 4) is 0 Å². The van der Waals surface area contributed by atoms with E-state index in [1.807, 2.05) is 12.2 Å². The van der Waals surface area contributed by atoms with E-state index in [4.69, 9.17) is 23.3 Å². The molecule has 0 fully saturated rings. The minimum absolute atomic E-state index is 0.0287. The summed E-state index contributed by atoms with van der Waals surface area (Å²) < 4.78 is 39.4. The summed E-state index contributed by atoms with van der Waals surface area (Å²) in [5.41, 5.74) is 0. The van der Waals surface area contributed by atoms with Gasteiger partial charge in [-0.1, -0.05) is 205 Å². The third kappa shape index (κ3) is 54.2. The molecule has 0 aromatic carbocycles. The highest BCUT2D eigenvalue weighted by molar-refractivity contribution is 7.47. The number of aliphatic hydroxyl groups excluding tert-OH is 1. The third-order valence-electron chi connectivity index (χ3n) is 11.3. The molecule has 3 atom stereocenters. The maximum absolute atomic E-state index is 12.9. The fraction of sp³-hybridized carbons (Fsp3) is 0.578. The molecule has 0 aliphatic rings. The van der Waals surface area contributed by atoms with Crippen LogP contribution in [-0.4, -0.2) is 66.5 Å². The van der Waals surface area contributed by atoms with E-state index < -0.39 is 57.8 Å². The predicted octanol–water partition coefficient (Wildman–Crippen LogP) is 17.1. The van der Waals surface area contributed by atoms with Crippen LogP contribution in [0.2, 0.25) is 0 Å². The van der Waals surface area contributed by atoms with Crippen molar-refractivity contribution in [2.24, 2.45) is 0 Å². The molecule has 76 heavy (non-hydrogen) atoms. The number of aliphatic hydroxyl groups is 1. The van der Waals surface area contributed by atoms with Gasteiger partial charge in [0.15, 0.2) is 6.10 Å². The summed E-state index contributed by atoms with van der Waals surface area (Å²) in [6.45, 7) is 4.16. The molecule has 2 N–H and O–H groups in total. The standard InChI is InChI=1S/C64H101O11P/c1-4-7-10-13-16-19-22-25-28-29-30-31-34-37-40-43-46-49-52-55-64(68)75-61(57-71-62(66)53-50-47-44-41-38-35-32-26-23-20-17-14-11-8-5-2)59-73-76(69,70)72-58-60(56-65)74-63(67)54-51-48-45-42-39-36-33-27-24-21-18-15-12-9-6-3/h7-12,16-21,25-28,30-33,37,40,46,49,60-61,65H,4-6,13-15,22-24,29,34-36,38-39,41-45,47-48,50-59H2,1-3H3,(H,69,70)/b10-7-,11-8-,12-9-,19-16-,20-17-,21-18-,28-25-,31-30-,32-26-,33-27-,40-37-,49-46-. The van der Waals surface area contributed by atoms with Gasteiger partial charge >= 0.3 is 25.7 Å².